The molecule has 1 unspecified atom stereocenters. The fourth-order valence-electron chi connectivity index (χ4n) is 2.31. The molecule has 1 atom stereocenters. The summed E-state index contributed by atoms with van der Waals surface area (Å²) < 4.78 is 5.36. The third-order valence-electron chi connectivity index (χ3n) is 3.75. The van der Waals surface area contributed by atoms with Crippen LogP contribution in [-0.4, -0.2) is 28.7 Å². The first-order valence-electron chi connectivity index (χ1n) is 7.98. The second-order valence-corrected chi connectivity index (χ2v) is 5.97. The van der Waals surface area contributed by atoms with Crippen LogP contribution >= 0.6 is 0 Å². The summed E-state index contributed by atoms with van der Waals surface area (Å²) in [6.45, 7) is 4.15. The van der Waals surface area contributed by atoms with Crippen LogP contribution in [0.25, 0.3) is 0 Å². The molecule has 0 radical (unpaired) electrons. The normalized spacial score (nSPS) is 12.0. The molecule has 128 valence electrons. The summed E-state index contributed by atoms with van der Waals surface area (Å²) in [4.78, 5) is 13.9. The third kappa shape index (κ3) is 4.99. The maximum Gasteiger partial charge on any atom is 0.410 e. The van der Waals surface area contributed by atoms with Gasteiger partial charge >= 0.3 is 6.09 Å². The first-order valence-corrected chi connectivity index (χ1v) is 7.98. The monoisotopic (exact) mass is 328 g/mol. The molecule has 0 saturated heterocycles. The van der Waals surface area contributed by atoms with Gasteiger partial charge in [-0.05, 0) is 37.1 Å². The fourth-order valence-corrected chi connectivity index (χ4v) is 2.31. The van der Waals surface area contributed by atoms with E-state index in [0.717, 1.165) is 5.56 Å². The van der Waals surface area contributed by atoms with E-state index in [1.165, 1.54) is 4.90 Å². The van der Waals surface area contributed by atoms with Crippen molar-refractivity contribution in [2.45, 2.75) is 32.6 Å². The third-order valence-corrected chi connectivity index (χ3v) is 3.75. The van der Waals surface area contributed by atoms with E-state index in [-0.39, 0.29) is 19.2 Å². The highest BCUT2D eigenvalue weighted by atomic mass is 16.6. The zero-order chi connectivity index (χ0) is 17.5. The van der Waals surface area contributed by atoms with Gasteiger partial charge in [-0.3, -0.25) is 0 Å². The van der Waals surface area contributed by atoms with Crippen LogP contribution in [0.15, 0.2) is 54.6 Å². The Balaban J connectivity index is 1.97. The quantitative estimate of drug-likeness (QED) is 0.797. The predicted molar refractivity (Wildman–Crippen MR) is 94.3 cm³/mol. The maximum atomic E-state index is 12.4. The first kappa shape index (κ1) is 17.8. The number of hydrogen-bond donors (Lipinski definition) is 2. The van der Waals surface area contributed by atoms with Gasteiger partial charge in [-0.25, -0.2) is 4.79 Å². The number of nitrogens with two attached hydrogens (primary N) is 1. The van der Waals surface area contributed by atoms with E-state index in [2.05, 4.69) is 0 Å². The van der Waals surface area contributed by atoms with Crippen LogP contribution < -0.4 is 5.73 Å². The summed E-state index contributed by atoms with van der Waals surface area (Å²) in [7, 11) is 0. The maximum absolute atomic E-state index is 12.4. The SMILES string of the molecule is CC(C)N(CC(O)c1ccc(N)cc1)C(=O)OCc1ccccc1. The number of ether oxygens (including phenoxy) is 1. The first-order chi connectivity index (χ1) is 11.5. The van der Waals surface area contributed by atoms with Crippen molar-refractivity contribution < 1.29 is 14.6 Å². The van der Waals surface area contributed by atoms with Gasteiger partial charge in [0, 0.05) is 11.7 Å². The minimum absolute atomic E-state index is 0.0864. The molecule has 2 aromatic carbocycles. The van der Waals surface area contributed by atoms with Gasteiger partial charge < -0.3 is 20.5 Å². The van der Waals surface area contributed by atoms with Crippen LogP contribution in [0.1, 0.15) is 31.1 Å². The Morgan fingerprint density at radius 2 is 1.75 bits per heavy atom. The number of nitrogens with zero attached hydrogens (tertiary/aromatic N) is 1. The molecule has 5 nitrogen and oxygen atoms in total. The standard InChI is InChI=1S/C19H24N2O3/c1-14(2)21(12-18(22)16-8-10-17(20)11-9-16)19(23)24-13-15-6-4-3-5-7-15/h3-11,14,18,22H,12-13,20H2,1-2H3. The Hall–Kier alpha value is -2.53. The largest absolute Gasteiger partial charge is 0.445 e. The van der Waals surface area contributed by atoms with Crippen molar-refractivity contribution in [3.63, 3.8) is 0 Å². The van der Waals surface area contributed by atoms with E-state index in [1.807, 2.05) is 44.2 Å². The van der Waals surface area contributed by atoms with Crippen molar-refractivity contribution in [2.75, 3.05) is 12.3 Å². The van der Waals surface area contributed by atoms with Gasteiger partial charge in [-0.2, -0.15) is 0 Å². The van der Waals surface area contributed by atoms with E-state index >= 15 is 0 Å². The van der Waals surface area contributed by atoms with Crippen molar-refractivity contribution >= 4 is 11.8 Å². The van der Waals surface area contributed by atoms with Gasteiger partial charge in [0.2, 0.25) is 0 Å². The minimum atomic E-state index is -0.794. The van der Waals surface area contributed by atoms with Gasteiger partial charge in [-0.1, -0.05) is 42.5 Å². The zero-order valence-corrected chi connectivity index (χ0v) is 14.1. The molecule has 24 heavy (non-hydrogen) atoms. The Morgan fingerprint density at radius 1 is 1.12 bits per heavy atom. The Kier molecular flexibility index (Phi) is 6.21. The van der Waals surface area contributed by atoms with E-state index in [1.54, 1.807) is 24.3 Å². The smallest absolute Gasteiger partial charge is 0.410 e. The van der Waals surface area contributed by atoms with Crippen LogP contribution in [0, 0.1) is 0 Å². The molecule has 0 saturated carbocycles. The fraction of sp³-hybridized carbons (Fsp3) is 0.316. The van der Waals surface area contributed by atoms with Crippen LogP contribution in [0.2, 0.25) is 0 Å². The Bertz CT molecular complexity index is 641. The molecule has 0 fully saturated rings. The number of rotatable bonds is 6. The number of nitrogen functional groups attached to an aromatic ring is 1. The highest BCUT2D eigenvalue weighted by Crippen LogP contribution is 2.18. The average molecular weight is 328 g/mol. The molecule has 1 amide bonds. The number of anilines is 1. The lowest BCUT2D eigenvalue weighted by molar-refractivity contribution is 0.0570. The molecule has 2 aromatic rings. The lowest BCUT2D eigenvalue weighted by Gasteiger charge is -2.28. The molecule has 3 N–H and O–H groups in total. The summed E-state index contributed by atoms with van der Waals surface area (Å²) in [6, 6.07) is 16.4. The van der Waals surface area contributed by atoms with Crippen molar-refractivity contribution in [3.8, 4) is 0 Å². The van der Waals surface area contributed by atoms with E-state index in [0.29, 0.717) is 11.3 Å². The number of hydrogen-bond acceptors (Lipinski definition) is 4. The minimum Gasteiger partial charge on any atom is -0.445 e. The summed E-state index contributed by atoms with van der Waals surface area (Å²) >= 11 is 0. The second kappa shape index (κ2) is 8.36. The Labute approximate surface area is 142 Å². The van der Waals surface area contributed by atoms with E-state index in [9.17, 15) is 9.90 Å². The molecule has 0 spiro atoms. The number of amides is 1. The predicted octanol–water partition coefficient (Wildman–Crippen LogP) is 3.35. The molecule has 0 aliphatic rings. The summed E-state index contributed by atoms with van der Waals surface area (Å²) in [5, 5.41) is 10.4. The molecule has 0 aliphatic heterocycles. The van der Waals surface area contributed by atoms with Crippen molar-refractivity contribution in [3.05, 3.63) is 65.7 Å². The number of benzene rings is 2. The molecule has 0 heterocycles. The summed E-state index contributed by atoms with van der Waals surface area (Å²) in [5.74, 6) is 0. The zero-order valence-electron chi connectivity index (χ0n) is 14.1. The topological polar surface area (TPSA) is 75.8 Å². The van der Waals surface area contributed by atoms with E-state index in [4.69, 9.17) is 10.5 Å². The molecular formula is C19H24N2O3. The van der Waals surface area contributed by atoms with Gasteiger partial charge in [0.1, 0.15) is 6.61 Å². The summed E-state index contributed by atoms with van der Waals surface area (Å²) in [5.41, 5.74) is 7.92. The highest BCUT2D eigenvalue weighted by Gasteiger charge is 2.22. The van der Waals surface area contributed by atoms with Gasteiger partial charge in [0.25, 0.3) is 0 Å². The number of carbonyl (C=O) groups is 1. The number of aliphatic hydroxyl groups is 1. The average Bonchev–Trinajstić information content (AvgIpc) is 2.58. The van der Waals surface area contributed by atoms with Gasteiger partial charge in [0.15, 0.2) is 0 Å². The lowest BCUT2D eigenvalue weighted by Crippen LogP contribution is -2.40. The van der Waals surface area contributed by atoms with E-state index < -0.39 is 12.2 Å². The molecule has 0 aromatic heterocycles. The number of carbonyl (C=O) groups excluding carboxylic acids is 1. The second-order valence-electron chi connectivity index (χ2n) is 5.97. The summed E-state index contributed by atoms with van der Waals surface area (Å²) in [6.07, 6.45) is -1.24. The Morgan fingerprint density at radius 3 is 2.33 bits per heavy atom. The van der Waals surface area contributed by atoms with Crippen molar-refractivity contribution in [1.82, 2.24) is 4.90 Å². The highest BCUT2D eigenvalue weighted by molar-refractivity contribution is 5.68. The van der Waals surface area contributed by atoms with Gasteiger partial charge in [-0.15, -0.1) is 0 Å². The van der Waals surface area contributed by atoms with Crippen LogP contribution in [0.5, 0.6) is 0 Å². The lowest BCUT2D eigenvalue weighted by atomic mass is 10.1. The van der Waals surface area contributed by atoms with Crippen LogP contribution in [-0.2, 0) is 11.3 Å². The molecule has 2 rings (SSSR count). The van der Waals surface area contributed by atoms with Crippen molar-refractivity contribution in [2.24, 2.45) is 0 Å². The molecular weight excluding hydrogens is 304 g/mol. The molecule has 0 aliphatic carbocycles. The molecule has 5 heteroatoms. The van der Waals surface area contributed by atoms with Gasteiger partial charge in [0.05, 0.1) is 12.6 Å². The number of aliphatic hydroxyl groups excluding tert-OH is 1. The van der Waals surface area contributed by atoms with Crippen LogP contribution in [0.4, 0.5) is 10.5 Å². The van der Waals surface area contributed by atoms with Crippen molar-refractivity contribution in [1.29, 1.82) is 0 Å². The molecule has 0 bridgehead atoms. The van der Waals surface area contributed by atoms with Crippen LogP contribution in [0.3, 0.4) is 0 Å².